The summed E-state index contributed by atoms with van der Waals surface area (Å²) < 4.78 is 26.6. The number of imide groups is 1. The van der Waals surface area contributed by atoms with Gasteiger partial charge in [-0.25, -0.2) is 13.2 Å². The lowest BCUT2D eigenvalue weighted by atomic mass is 10.1. The summed E-state index contributed by atoms with van der Waals surface area (Å²) in [6.07, 6.45) is 0.791. The van der Waals surface area contributed by atoms with Crippen LogP contribution in [0.15, 0.2) is 41.3 Å². The van der Waals surface area contributed by atoms with Gasteiger partial charge < -0.3 is 5.32 Å². The van der Waals surface area contributed by atoms with E-state index in [4.69, 9.17) is 0 Å². The number of anilines is 1. The van der Waals surface area contributed by atoms with Crippen molar-refractivity contribution in [2.75, 3.05) is 17.4 Å². The van der Waals surface area contributed by atoms with E-state index in [2.05, 4.69) is 10.6 Å². The minimum atomic E-state index is -3.82. The average Bonchev–Trinajstić information content (AvgIpc) is 2.78. The zero-order valence-electron chi connectivity index (χ0n) is 14.7. The maximum atomic E-state index is 12.8. The lowest BCUT2D eigenvalue weighted by Gasteiger charge is -2.18. The normalized spacial score (nSPS) is 14.7. The van der Waals surface area contributed by atoms with E-state index >= 15 is 0 Å². The summed E-state index contributed by atoms with van der Waals surface area (Å²) in [6.45, 7) is 4.06. The van der Waals surface area contributed by atoms with Crippen molar-refractivity contribution in [1.82, 2.24) is 10.6 Å². The summed E-state index contributed by atoms with van der Waals surface area (Å²) in [5.74, 6) is -0.250. The van der Waals surface area contributed by atoms with Gasteiger partial charge in [-0.15, -0.1) is 0 Å². The van der Waals surface area contributed by atoms with E-state index in [1.807, 2.05) is 26.0 Å². The Balaban J connectivity index is 1.74. The molecule has 0 saturated carbocycles. The zero-order valence-corrected chi connectivity index (χ0v) is 15.5. The topological polar surface area (TPSA) is 95.6 Å². The van der Waals surface area contributed by atoms with Crippen LogP contribution >= 0.6 is 0 Å². The monoisotopic (exact) mass is 375 g/mol. The number of carbonyl (C=O) groups is 2. The molecular formula is C18H21N3O4S. The van der Waals surface area contributed by atoms with Gasteiger partial charge in [0.05, 0.1) is 10.6 Å². The highest BCUT2D eigenvalue weighted by atomic mass is 32.2. The van der Waals surface area contributed by atoms with Crippen molar-refractivity contribution in [3.63, 3.8) is 0 Å². The standard InChI is InChI=1S/C18H21N3O4S/c1-12(2)9-10-19-18(23)20-16(22)11-21-14-7-3-5-13-6-4-8-15(17(13)14)26(21,24)25/h3-8,12H,9-11H2,1-2H3,(H2,19,20,22,23). The van der Waals surface area contributed by atoms with Crippen LogP contribution in [-0.4, -0.2) is 33.4 Å². The maximum absolute atomic E-state index is 12.8. The Hall–Kier alpha value is -2.61. The van der Waals surface area contributed by atoms with Gasteiger partial charge in [-0.2, -0.15) is 0 Å². The molecule has 3 rings (SSSR count). The summed E-state index contributed by atoms with van der Waals surface area (Å²) in [5.41, 5.74) is 0.452. The molecule has 1 aliphatic rings. The van der Waals surface area contributed by atoms with Crippen LogP contribution in [0.2, 0.25) is 0 Å². The Morgan fingerprint density at radius 3 is 2.50 bits per heavy atom. The molecule has 0 bridgehead atoms. The number of benzene rings is 2. The number of carbonyl (C=O) groups excluding carboxylic acids is 2. The molecule has 2 aromatic carbocycles. The van der Waals surface area contributed by atoms with E-state index < -0.39 is 28.5 Å². The molecule has 8 heteroatoms. The fourth-order valence-electron chi connectivity index (χ4n) is 2.94. The van der Waals surface area contributed by atoms with Gasteiger partial charge in [0, 0.05) is 11.9 Å². The first-order valence-electron chi connectivity index (χ1n) is 8.43. The van der Waals surface area contributed by atoms with Crippen molar-refractivity contribution >= 4 is 38.4 Å². The number of urea groups is 1. The molecule has 0 aromatic heterocycles. The molecule has 0 spiro atoms. The number of hydrogen-bond acceptors (Lipinski definition) is 4. The molecule has 0 atom stereocenters. The summed E-state index contributed by atoms with van der Waals surface area (Å²) in [5, 5.41) is 6.16. The average molecular weight is 375 g/mol. The third-order valence-corrected chi connectivity index (χ3v) is 6.03. The first kappa shape index (κ1) is 18.2. The fraction of sp³-hybridized carbons (Fsp3) is 0.333. The minimum Gasteiger partial charge on any atom is -0.338 e. The molecule has 0 aliphatic carbocycles. The zero-order chi connectivity index (χ0) is 18.9. The molecule has 1 heterocycles. The van der Waals surface area contributed by atoms with Gasteiger partial charge in [-0.1, -0.05) is 38.1 Å². The van der Waals surface area contributed by atoms with Crippen LogP contribution in [-0.2, 0) is 14.8 Å². The quantitative estimate of drug-likeness (QED) is 0.838. The van der Waals surface area contributed by atoms with Crippen molar-refractivity contribution in [3.05, 3.63) is 36.4 Å². The van der Waals surface area contributed by atoms with Crippen LogP contribution in [0.3, 0.4) is 0 Å². The summed E-state index contributed by atoms with van der Waals surface area (Å²) in [6, 6.07) is 9.62. The molecule has 0 saturated heterocycles. The molecule has 26 heavy (non-hydrogen) atoms. The largest absolute Gasteiger partial charge is 0.338 e. The van der Waals surface area contributed by atoms with Crippen molar-refractivity contribution in [1.29, 1.82) is 0 Å². The third-order valence-electron chi connectivity index (χ3n) is 4.23. The Morgan fingerprint density at radius 2 is 1.81 bits per heavy atom. The second kappa shape index (κ2) is 6.95. The predicted molar refractivity (Wildman–Crippen MR) is 99.5 cm³/mol. The Labute approximate surface area is 152 Å². The number of rotatable bonds is 5. The molecule has 2 N–H and O–H groups in total. The lowest BCUT2D eigenvalue weighted by molar-refractivity contribution is -0.118. The Bertz CT molecular complexity index is 964. The summed E-state index contributed by atoms with van der Waals surface area (Å²) in [4.78, 5) is 24.1. The highest BCUT2D eigenvalue weighted by Crippen LogP contribution is 2.41. The van der Waals surface area contributed by atoms with Gasteiger partial charge >= 0.3 is 6.03 Å². The second-order valence-corrected chi connectivity index (χ2v) is 8.46. The molecule has 0 radical (unpaired) electrons. The molecule has 0 unspecified atom stereocenters. The van der Waals surface area contributed by atoms with Crippen molar-refractivity contribution in [3.8, 4) is 0 Å². The highest BCUT2D eigenvalue weighted by molar-refractivity contribution is 7.93. The molecule has 3 amide bonds. The SMILES string of the molecule is CC(C)CCNC(=O)NC(=O)CN1c2cccc3cccc(c23)S1(=O)=O. The number of amides is 3. The number of nitrogens with zero attached hydrogens (tertiary/aromatic N) is 1. The highest BCUT2D eigenvalue weighted by Gasteiger charge is 2.36. The predicted octanol–water partition coefficient (Wildman–Crippen LogP) is 2.22. The first-order chi connectivity index (χ1) is 12.3. The van der Waals surface area contributed by atoms with E-state index in [9.17, 15) is 18.0 Å². The third kappa shape index (κ3) is 3.37. The van der Waals surface area contributed by atoms with Crippen LogP contribution < -0.4 is 14.9 Å². The van der Waals surface area contributed by atoms with Gasteiger partial charge in [0.1, 0.15) is 6.54 Å². The van der Waals surface area contributed by atoms with Gasteiger partial charge in [-0.3, -0.25) is 14.4 Å². The van der Waals surface area contributed by atoms with E-state index in [0.717, 1.165) is 16.1 Å². The van der Waals surface area contributed by atoms with Crippen molar-refractivity contribution in [2.24, 2.45) is 5.92 Å². The van der Waals surface area contributed by atoms with E-state index in [-0.39, 0.29) is 4.90 Å². The van der Waals surface area contributed by atoms with Crippen LogP contribution in [0.5, 0.6) is 0 Å². The molecule has 7 nitrogen and oxygen atoms in total. The van der Waals surface area contributed by atoms with E-state index in [1.165, 1.54) is 6.07 Å². The smallest absolute Gasteiger partial charge is 0.321 e. The summed E-state index contributed by atoms with van der Waals surface area (Å²) >= 11 is 0. The molecule has 1 aliphatic heterocycles. The van der Waals surface area contributed by atoms with Crippen LogP contribution in [0.25, 0.3) is 10.8 Å². The molecular weight excluding hydrogens is 354 g/mol. The minimum absolute atomic E-state index is 0.180. The summed E-state index contributed by atoms with van der Waals surface area (Å²) in [7, 11) is -3.82. The Morgan fingerprint density at radius 1 is 1.12 bits per heavy atom. The van der Waals surface area contributed by atoms with E-state index in [0.29, 0.717) is 23.5 Å². The number of sulfonamides is 1. The van der Waals surface area contributed by atoms with Gasteiger partial charge in [0.15, 0.2) is 0 Å². The maximum Gasteiger partial charge on any atom is 0.321 e. The Kier molecular flexibility index (Phi) is 4.86. The van der Waals surface area contributed by atoms with Gasteiger partial charge in [0.25, 0.3) is 10.0 Å². The number of hydrogen-bond donors (Lipinski definition) is 2. The van der Waals surface area contributed by atoms with E-state index in [1.54, 1.807) is 18.2 Å². The van der Waals surface area contributed by atoms with Crippen LogP contribution in [0.4, 0.5) is 10.5 Å². The molecule has 2 aromatic rings. The fourth-order valence-corrected chi connectivity index (χ4v) is 4.61. The van der Waals surface area contributed by atoms with Gasteiger partial charge in [0.2, 0.25) is 5.91 Å². The first-order valence-corrected chi connectivity index (χ1v) is 9.87. The van der Waals surface area contributed by atoms with Crippen molar-refractivity contribution < 1.29 is 18.0 Å². The van der Waals surface area contributed by atoms with Crippen molar-refractivity contribution in [2.45, 2.75) is 25.2 Å². The molecule has 138 valence electrons. The molecule has 0 fully saturated rings. The second-order valence-electron chi connectivity index (χ2n) is 6.63. The van der Waals surface area contributed by atoms with Crippen LogP contribution in [0, 0.1) is 5.92 Å². The lowest BCUT2D eigenvalue weighted by Crippen LogP contribution is -2.45. The number of nitrogens with one attached hydrogen (secondary N) is 2. The van der Waals surface area contributed by atoms with Gasteiger partial charge in [-0.05, 0) is 29.9 Å². The van der Waals surface area contributed by atoms with Crippen LogP contribution in [0.1, 0.15) is 20.3 Å².